The monoisotopic (exact) mass is 683 g/mol. The fourth-order valence-corrected chi connectivity index (χ4v) is 8.56. The number of nitrogens with one attached hydrogen (secondary N) is 1. The molecule has 2 heterocycles. The van der Waals surface area contributed by atoms with Crippen molar-refractivity contribution in [2.24, 2.45) is 5.92 Å². The van der Waals surface area contributed by atoms with Gasteiger partial charge in [-0.3, -0.25) is 14.2 Å². The number of ether oxygens (including phenoxy) is 1. The maximum Gasteiger partial charge on any atom is 0.253 e. The van der Waals surface area contributed by atoms with Gasteiger partial charge in [0.1, 0.15) is 30.2 Å². The lowest BCUT2D eigenvalue weighted by atomic mass is 9.89. The highest BCUT2D eigenvalue weighted by Gasteiger charge is 2.52. The number of amides is 1. The van der Waals surface area contributed by atoms with E-state index in [4.69, 9.17) is 27.9 Å². The Morgan fingerprint density at radius 1 is 0.978 bits per heavy atom. The van der Waals surface area contributed by atoms with E-state index in [1.807, 2.05) is 30.3 Å². The zero-order valence-corrected chi connectivity index (χ0v) is 27.0. The van der Waals surface area contributed by atoms with Gasteiger partial charge >= 0.3 is 0 Å². The van der Waals surface area contributed by atoms with Crippen molar-refractivity contribution in [1.82, 2.24) is 20.1 Å². The highest BCUT2D eigenvalue weighted by Crippen LogP contribution is 2.49. The maximum atomic E-state index is 15.4. The molecule has 1 aliphatic heterocycles. The van der Waals surface area contributed by atoms with Gasteiger partial charge in [-0.15, -0.1) is 0 Å². The van der Waals surface area contributed by atoms with Gasteiger partial charge < -0.3 is 9.64 Å². The van der Waals surface area contributed by atoms with E-state index in [-0.39, 0.29) is 30.5 Å². The lowest BCUT2D eigenvalue weighted by Gasteiger charge is -2.49. The van der Waals surface area contributed by atoms with Crippen molar-refractivity contribution in [1.29, 1.82) is 0 Å². The third-order valence-corrected chi connectivity index (χ3v) is 11.7. The molecule has 0 unspecified atom stereocenters. The molecule has 0 bridgehead atoms. The average Bonchev–Trinajstić information content (AvgIpc) is 3.98. The first-order valence-electron chi connectivity index (χ1n) is 15.3. The summed E-state index contributed by atoms with van der Waals surface area (Å²) in [5.41, 5.74) is 1.49. The molecule has 2 saturated carbocycles. The Morgan fingerprint density at radius 2 is 1.74 bits per heavy atom. The van der Waals surface area contributed by atoms with E-state index in [9.17, 15) is 13.2 Å². The van der Waals surface area contributed by atoms with E-state index >= 15 is 4.39 Å². The quantitative estimate of drug-likeness (QED) is 0.199. The fourth-order valence-electron chi connectivity index (χ4n) is 6.36. The molecular formula is C33H32Cl2FN5O4S. The molecule has 9 nitrogen and oxygen atoms in total. The van der Waals surface area contributed by atoms with Crippen molar-refractivity contribution >= 4 is 44.8 Å². The van der Waals surface area contributed by atoms with Gasteiger partial charge in [0, 0.05) is 16.5 Å². The highest BCUT2D eigenvalue weighted by atomic mass is 35.5. The van der Waals surface area contributed by atoms with Crippen LogP contribution in [0, 0.1) is 11.7 Å². The number of anilines is 1. The number of aromatic amines is 1. The second kappa shape index (κ2) is 12.6. The maximum absolute atomic E-state index is 15.4. The number of sulfonamides is 1. The van der Waals surface area contributed by atoms with E-state index in [1.165, 1.54) is 28.8 Å². The average molecular weight is 685 g/mol. The summed E-state index contributed by atoms with van der Waals surface area (Å²) >= 11 is 12.8. The normalized spacial score (nSPS) is 22.5. The minimum atomic E-state index is -3.91. The van der Waals surface area contributed by atoms with Crippen LogP contribution in [-0.4, -0.2) is 58.3 Å². The summed E-state index contributed by atoms with van der Waals surface area (Å²) in [6, 6.07) is 19.1. The zero-order valence-electron chi connectivity index (χ0n) is 24.7. The van der Waals surface area contributed by atoms with E-state index in [2.05, 4.69) is 15.2 Å². The van der Waals surface area contributed by atoms with Gasteiger partial charge in [-0.25, -0.2) is 17.8 Å². The predicted molar refractivity (Wildman–Crippen MR) is 172 cm³/mol. The molecule has 13 heteroatoms. The summed E-state index contributed by atoms with van der Waals surface area (Å²) in [6.07, 6.45) is 2.46. The van der Waals surface area contributed by atoms with Crippen molar-refractivity contribution in [3.05, 3.63) is 112 Å². The SMILES string of the molecule is O=C1[C@H](Cc2ncn[nH]2)O[C@H](c2cccc(Cl)c2)[C@@H](c2ccc(Cl)cc2)N1[C@@H](CN(c1ccccc1F)S(=O)(=O)C1CC1)C1CC1. The van der Waals surface area contributed by atoms with Crippen LogP contribution in [-0.2, 0) is 26.0 Å². The van der Waals surface area contributed by atoms with Gasteiger partial charge in [0.05, 0.1) is 29.6 Å². The number of hydrogen-bond acceptors (Lipinski definition) is 6. The fraction of sp³-hybridized carbons (Fsp3) is 0.364. The summed E-state index contributed by atoms with van der Waals surface area (Å²) in [6.45, 7) is -0.0996. The van der Waals surface area contributed by atoms with Crippen molar-refractivity contribution in [2.75, 3.05) is 10.8 Å². The van der Waals surface area contributed by atoms with Crippen molar-refractivity contribution in [2.45, 2.75) is 61.6 Å². The minimum Gasteiger partial charge on any atom is -0.357 e. The number of carbonyl (C=O) groups excluding carboxylic acids is 1. The van der Waals surface area contributed by atoms with Gasteiger partial charge in [-0.1, -0.05) is 59.6 Å². The Labute approximate surface area is 276 Å². The standard InChI is InChI=1S/C33H32Cl2FN5O4S/c34-23-12-10-21(11-13-23)31-32(22-4-3-5-24(35)16-22)45-29(17-30-37-19-38-39-30)33(42)41(31)28(20-8-9-20)18-40(46(43,44)25-14-15-25)27-7-2-1-6-26(27)36/h1-7,10-13,16,19-20,25,28-29,31-32H,8-9,14-15,17-18H2,(H,37,38,39)/t28-,29-,31+,32+/m0/s1. The first-order valence-corrected chi connectivity index (χ1v) is 17.6. The van der Waals surface area contributed by atoms with Gasteiger partial charge in [0.2, 0.25) is 10.0 Å². The first kappa shape index (κ1) is 31.1. The molecule has 2 aliphatic carbocycles. The van der Waals surface area contributed by atoms with Gasteiger partial charge in [0.25, 0.3) is 5.91 Å². The lowest BCUT2D eigenvalue weighted by Crippen LogP contribution is -2.59. The lowest BCUT2D eigenvalue weighted by molar-refractivity contribution is -0.179. The van der Waals surface area contributed by atoms with E-state index in [1.54, 1.807) is 29.2 Å². The molecule has 46 heavy (non-hydrogen) atoms. The van der Waals surface area contributed by atoms with Crippen LogP contribution in [0.2, 0.25) is 10.0 Å². The number of hydrogen-bond donors (Lipinski definition) is 1. The third-order valence-electron chi connectivity index (χ3n) is 8.91. The van der Waals surface area contributed by atoms with E-state index in [0.717, 1.165) is 24.0 Å². The number of benzene rings is 3. The number of rotatable bonds is 11. The predicted octanol–water partition coefficient (Wildman–Crippen LogP) is 6.28. The zero-order chi connectivity index (χ0) is 32.0. The number of aromatic nitrogens is 3. The molecule has 3 aliphatic rings. The number of halogens is 3. The van der Waals surface area contributed by atoms with E-state index in [0.29, 0.717) is 28.7 Å². The van der Waals surface area contributed by atoms with E-state index < -0.39 is 45.4 Å². The van der Waals surface area contributed by atoms with Crippen LogP contribution in [0.1, 0.15) is 54.8 Å². The second-order valence-corrected chi connectivity index (χ2v) is 15.1. The molecule has 1 amide bonds. The van der Waals surface area contributed by atoms with Gasteiger partial charge in [0.15, 0.2) is 0 Å². The molecule has 1 saturated heterocycles. The Balaban J connectivity index is 1.37. The minimum absolute atomic E-state index is 0.00790. The molecule has 4 atom stereocenters. The molecule has 0 spiro atoms. The number of para-hydroxylation sites is 1. The van der Waals surface area contributed by atoms with Crippen molar-refractivity contribution in [3.8, 4) is 0 Å². The Morgan fingerprint density at radius 3 is 2.39 bits per heavy atom. The molecule has 1 N–H and O–H groups in total. The smallest absolute Gasteiger partial charge is 0.253 e. The van der Waals surface area contributed by atoms with Gasteiger partial charge in [-0.2, -0.15) is 5.10 Å². The Hall–Kier alpha value is -3.51. The number of carbonyl (C=O) groups is 1. The highest BCUT2D eigenvalue weighted by molar-refractivity contribution is 7.93. The molecule has 3 aromatic carbocycles. The molecule has 240 valence electrons. The van der Waals surface area contributed by atoms with Crippen molar-refractivity contribution in [3.63, 3.8) is 0 Å². The number of morpholine rings is 1. The summed E-state index contributed by atoms with van der Waals surface area (Å²) < 4.78 is 51.1. The Kier molecular flexibility index (Phi) is 8.52. The van der Waals surface area contributed by atoms with Crippen molar-refractivity contribution < 1.29 is 22.3 Å². The van der Waals surface area contributed by atoms with Crippen LogP contribution >= 0.6 is 23.2 Å². The molecule has 7 rings (SSSR count). The third kappa shape index (κ3) is 6.25. The van der Waals surface area contributed by atoms with Crippen LogP contribution in [0.4, 0.5) is 10.1 Å². The first-order chi connectivity index (χ1) is 22.2. The Bertz CT molecular complexity index is 1820. The largest absolute Gasteiger partial charge is 0.357 e. The van der Waals surface area contributed by atoms with Crippen LogP contribution in [0.25, 0.3) is 0 Å². The molecule has 3 fully saturated rings. The number of nitrogens with zero attached hydrogens (tertiary/aromatic N) is 4. The second-order valence-electron chi connectivity index (χ2n) is 12.1. The summed E-state index contributed by atoms with van der Waals surface area (Å²) in [5, 5.41) is 7.21. The van der Waals surface area contributed by atoms with Crippen LogP contribution in [0.15, 0.2) is 79.1 Å². The summed E-state index contributed by atoms with van der Waals surface area (Å²) in [7, 11) is -3.91. The molecular weight excluding hydrogens is 652 g/mol. The summed E-state index contributed by atoms with van der Waals surface area (Å²) in [5.74, 6) is -0.487. The number of H-pyrrole nitrogens is 1. The van der Waals surface area contributed by atoms with Crippen LogP contribution in [0.3, 0.4) is 0 Å². The topological polar surface area (TPSA) is 108 Å². The van der Waals surface area contributed by atoms with Gasteiger partial charge in [-0.05, 0) is 79.1 Å². The van der Waals surface area contributed by atoms with Crippen LogP contribution in [0.5, 0.6) is 0 Å². The summed E-state index contributed by atoms with van der Waals surface area (Å²) in [4.78, 5) is 20.8. The van der Waals surface area contributed by atoms with Crippen LogP contribution < -0.4 is 4.31 Å². The molecule has 0 radical (unpaired) electrons. The molecule has 1 aromatic heterocycles. The molecule has 4 aromatic rings.